The predicted molar refractivity (Wildman–Crippen MR) is 104 cm³/mol. The number of hydrogen-bond donors (Lipinski definition) is 1. The van der Waals surface area contributed by atoms with Crippen molar-refractivity contribution in [1.82, 2.24) is 14.5 Å². The zero-order valence-electron chi connectivity index (χ0n) is 16.0. The first kappa shape index (κ1) is 18.4. The van der Waals surface area contributed by atoms with Crippen LogP contribution in [0.1, 0.15) is 43.2 Å². The van der Waals surface area contributed by atoms with Gasteiger partial charge in [-0.15, -0.1) is 0 Å². The van der Waals surface area contributed by atoms with Crippen molar-refractivity contribution in [3.63, 3.8) is 0 Å². The number of anilines is 1. The molecule has 0 spiro atoms. The minimum atomic E-state index is -0.938. The quantitative estimate of drug-likeness (QED) is 0.877. The summed E-state index contributed by atoms with van der Waals surface area (Å²) in [5.74, 6) is 1.09. The molecule has 0 amide bonds. The van der Waals surface area contributed by atoms with E-state index in [0.717, 1.165) is 32.1 Å². The SMILES string of the molecule is Cn1ccnc1C(O)c1cccc(F)c1N1CCN(CC2CCCC2)CC1. The molecule has 0 bridgehead atoms. The molecule has 6 heteroatoms. The van der Waals surface area contributed by atoms with Crippen LogP contribution < -0.4 is 4.90 Å². The van der Waals surface area contributed by atoms with Gasteiger partial charge in [0.05, 0.1) is 5.69 Å². The smallest absolute Gasteiger partial charge is 0.146 e. The third kappa shape index (κ3) is 3.87. The maximum absolute atomic E-state index is 14.8. The summed E-state index contributed by atoms with van der Waals surface area (Å²) >= 11 is 0. The fourth-order valence-corrected chi connectivity index (χ4v) is 4.58. The molecule has 2 fully saturated rings. The summed E-state index contributed by atoms with van der Waals surface area (Å²) in [6, 6.07) is 4.95. The van der Waals surface area contributed by atoms with Crippen LogP contribution in [0.5, 0.6) is 0 Å². The van der Waals surface area contributed by atoms with Crippen LogP contribution in [0.2, 0.25) is 0 Å². The summed E-state index contributed by atoms with van der Waals surface area (Å²) < 4.78 is 16.5. The maximum atomic E-state index is 14.8. The lowest BCUT2D eigenvalue weighted by Gasteiger charge is -2.38. The van der Waals surface area contributed by atoms with E-state index in [0.29, 0.717) is 17.1 Å². The Hall–Kier alpha value is -1.92. The molecule has 5 nitrogen and oxygen atoms in total. The molecule has 1 atom stereocenters. The molecule has 1 N–H and O–H groups in total. The van der Waals surface area contributed by atoms with Crippen LogP contribution in [0.15, 0.2) is 30.6 Å². The monoisotopic (exact) mass is 372 g/mol. The van der Waals surface area contributed by atoms with Crippen molar-refractivity contribution < 1.29 is 9.50 Å². The summed E-state index contributed by atoms with van der Waals surface area (Å²) in [4.78, 5) is 8.84. The molecule has 146 valence electrons. The molecule has 4 rings (SSSR count). The second kappa shape index (κ2) is 7.98. The number of nitrogens with zero attached hydrogens (tertiary/aromatic N) is 4. The lowest BCUT2D eigenvalue weighted by molar-refractivity contribution is 0.203. The van der Waals surface area contributed by atoms with Crippen molar-refractivity contribution >= 4 is 5.69 Å². The van der Waals surface area contributed by atoms with Gasteiger partial charge in [0.25, 0.3) is 0 Å². The topological polar surface area (TPSA) is 44.5 Å². The van der Waals surface area contributed by atoms with E-state index in [2.05, 4.69) is 14.8 Å². The molecular weight excluding hydrogens is 343 g/mol. The summed E-state index contributed by atoms with van der Waals surface area (Å²) in [7, 11) is 1.84. The highest BCUT2D eigenvalue weighted by molar-refractivity contribution is 5.57. The van der Waals surface area contributed by atoms with Gasteiger partial charge >= 0.3 is 0 Å². The Morgan fingerprint density at radius 2 is 1.93 bits per heavy atom. The fraction of sp³-hybridized carbons (Fsp3) is 0.571. The van der Waals surface area contributed by atoms with E-state index in [1.807, 2.05) is 13.1 Å². The Bertz CT molecular complexity index is 763. The van der Waals surface area contributed by atoms with Crippen molar-refractivity contribution in [3.8, 4) is 0 Å². The zero-order chi connectivity index (χ0) is 18.8. The minimum absolute atomic E-state index is 0.273. The van der Waals surface area contributed by atoms with E-state index >= 15 is 0 Å². The van der Waals surface area contributed by atoms with Gasteiger partial charge in [-0.2, -0.15) is 0 Å². The van der Waals surface area contributed by atoms with Crippen LogP contribution in [0.4, 0.5) is 10.1 Å². The van der Waals surface area contributed by atoms with Crippen LogP contribution in [-0.4, -0.2) is 52.3 Å². The number of imidazole rings is 1. The average Bonchev–Trinajstić information content (AvgIpc) is 3.33. The highest BCUT2D eigenvalue weighted by atomic mass is 19.1. The number of hydrogen-bond acceptors (Lipinski definition) is 4. The second-order valence-corrected chi connectivity index (χ2v) is 7.91. The van der Waals surface area contributed by atoms with E-state index in [-0.39, 0.29) is 5.82 Å². The Labute approximate surface area is 160 Å². The second-order valence-electron chi connectivity index (χ2n) is 7.91. The van der Waals surface area contributed by atoms with E-state index in [1.165, 1.54) is 38.3 Å². The molecule has 1 aromatic heterocycles. The molecule has 2 aromatic rings. The van der Waals surface area contributed by atoms with Crippen molar-refractivity contribution in [2.75, 3.05) is 37.6 Å². The van der Waals surface area contributed by atoms with Gasteiger partial charge in [0.2, 0.25) is 0 Å². The number of aryl methyl sites for hydroxylation is 1. The standard InChI is InChI=1S/C21H29FN4O/c1-24-10-9-23-21(24)20(27)17-7-4-8-18(22)19(17)26-13-11-25(12-14-26)15-16-5-2-3-6-16/h4,7-10,16,20,27H,2-3,5-6,11-15H2,1H3. The molecule has 2 heterocycles. The highest BCUT2D eigenvalue weighted by Crippen LogP contribution is 2.33. The molecular formula is C21H29FN4O. The van der Waals surface area contributed by atoms with Crippen molar-refractivity contribution in [1.29, 1.82) is 0 Å². The Morgan fingerprint density at radius 3 is 2.59 bits per heavy atom. The van der Waals surface area contributed by atoms with Gasteiger partial charge in [-0.3, -0.25) is 4.90 Å². The average molecular weight is 372 g/mol. The number of aliphatic hydroxyl groups excluding tert-OH is 1. The third-order valence-electron chi connectivity index (χ3n) is 6.10. The predicted octanol–water partition coefficient (Wildman–Crippen LogP) is 2.95. The molecule has 1 aliphatic carbocycles. The number of para-hydroxylation sites is 1. The first-order chi connectivity index (χ1) is 13.1. The molecule has 1 aliphatic heterocycles. The molecule has 2 aliphatic rings. The molecule has 1 saturated carbocycles. The van der Waals surface area contributed by atoms with E-state index in [4.69, 9.17) is 0 Å². The maximum Gasteiger partial charge on any atom is 0.146 e. The Kier molecular flexibility index (Phi) is 5.45. The molecule has 1 aromatic carbocycles. The number of piperazine rings is 1. The molecule has 1 unspecified atom stereocenters. The van der Waals surface area contributed by atoms with E-state index in [9.17, 15) is 9.50 Å². The normalized spacial score (nSPS) is 20.3. The van der Waals surface area contributed by atoms with Crippen LogP contribution in [0.3, 0.4) is 0 Å². The van der Waals surface area contributed by atoms with E-state index in [1.54, 1.807) is 23.0 Å². The zero-order valence-corrected chi connectivity index (χ0v) is 16.0. The lowest BCUT2D eigenvalue weighted by atomic mass is 10.0. The first-order valence-corrected chi connectivity index (χ1v) is 10.0. The van der Waals surface area contributed by atoms with Gasteiger partial charge in [0, 0.05) is 57.7 Å². The highest BCUT2D eigenvalue weighted by Gasteiger charge is 2.27. The van der Waals surface area contributed by atoms with E-state index < -0.39 is 6.10 Å². The number of halogens is 1. The van der Waals surface area contributed by atoms with Gasteiger partial charge in [-0.05, 0) is 24.8 Å². The number of rotatable bonds is 5. The van der Waals surface area contributed by atoms with Gasteiger partial charge in [0.15, 0.2) is 0 Å². The van der Waals surface area contributed by atoms with Crippen LogP contribution in [0, 0.1) is 11.7 Å². The van der Waals surface area contributed by atoms with Crippen LogP contribution >= 0.6 is 0 Å². The van der Waals surface area contributed by atoms with Crippen LogP contribution in [-0.2, 0) is 7.05 Å². The summed E-state index contributed by atoms with van der Waals surface area (Å²) in [5.41, 5.74) is 1.11. The lowest BCUT2D eigenvalue weighted by Crippen LogP contribution is -2.48. The fourth-order valence-electron chi connectivity index (χ4n) is 4.58. The summed E-state index contributed by atoms with van der Waals surface area (Å²) in [5, 5.41) is 10.9. The largest absolute Gasteiger partial charge is 0.380 e. The van der Waals surface area contributed by atoms with Gasteiger partial charge in [-0.25, -0.2) is 9.37 Å². The number of aromatic nitrogens is 2. The molecule has 27 heavy (non-hydrogen) atoms. The number of benzene rings is 1. The molecule has 1 saturated heterocycles. The van der Waals surface area contributed by atoms with Crippen LogP contribution in [0.25, 0.3) is 0 Å². The van der Waals surface area contributed by atoms with Crippen molar-refractivity contribution in [3.05, 3.63) is 47.8 Å². The van der Waals surface area contributed by atoms with Gasteiger partial charge < -0.3 is 14.6 Å². The first-order valence-electron chi connectivity index (χ1n) is 10.0. The minimum Gasteiger partial charge on any atom is -0.380 e. The number of aliphatic hydroxyl groups is 1. The summed E-state index contributed by atoms with van der Waals surface area (Å²) in [6.07, 6.45) is 7.95. The van der Waals surface area contributed by atoms with Gasteiger partial charge in [-0.1, -0.05) is 25.0 Å². The Morgan fingerprint density at radius 1 is 1.19 bits per heavy atom. The Balaban J connectivity index is 1.50. The van der Waals surface area contributed by atoms with Crippen molar-refractivity contribution in [2.45, 2.75) is 31.8 Å². The summed E-state index contributed by atoms with van der Waals surface area (Å²) in [6.45, 7) is 4.64. The van der Waals surface area contributed by atoms with Crippen molar-refractivity contribution in [2.24, 2.45) is 13.0 Å². The third-order valence-corrected chi connectivity index (χ3v) is 6.10. The van der Waals surface area contributed by atoms with Gasteiger partial charge in [0.1, 0.15) is 17.7 Å². The molecule has 0 radical (unpaired) electrons.